The summed E-state index contributed by atoms with van der Waals surface area (Å²) >= 11 is 1.62. The monoisotopic (exact) mass is 474 g/mol. The maximum atomic E-state index is 12.0. The molecule has 5 heterocycles. The first-order valence-electron chi connectivity index (χ1n) is 10.9. The zero-order valence-electron chi connectivity index (χ0n) is 18.3. The van der Waals surface area contributed by atoms with E-state index in [0.717, 1.165) is 28.7 Å². The van der Waals surface area contributed by atoms with Gasteiger partial charge in [-0.3, -0.25) is 14.6 Å². The molecule has 0 unspecified atom stereocenters. The number of nitrogens with zero attached hydrogens (tertiary/aromatic N) is 5. The summed E-state index contributed by atoms with van der Waals surface area (Å²) in [4.78, 5) is 45.8. The Kier molecular flexibility index (Phi) is 5.89. The minimum atomic E-state index is -0.177. The Morgan fingerprint density at radius 1 is 1.15 bits per heavy atom. The number of nitrogen functional groups attached to an aromatic ring is 1. The van der Waals surface area contributed by atoms with Gasteiger partial charge < -0.3 is 15.4 Å². The number of fused-ring (bicyclic) bond motifs is 1. The molecule has 0 spiro atoms. The van der Waals surface area contributed by atoms with Crippen LogP contribution in [0.5, 0.6) is 0 Å². The van der Waals surface area contributed by atoms with Gasteiger partial charge in [0, 0.05) is 47.3 Å². The molecular formula is C24H22N6O3S. The number of pyridine rings is 1. The third-order valence-corrected chi connectivity index (χ3v) is 6.94. The van der Waals surface area contributed by atoms with Crippen LogP contribution in [-0.4, -0.2) is 56.1 Å². The van der Waals surface area contributed by atoms with Gasteiger partial charge in [0.05, 0.1) is 29.6 Å². The Morgan fingerprint density at radius 2 is 1.97 bits per heavy atom. The van der Waals surface area contributed by atoms with E-state index in [4.69, 9.17) is 10.7 Å². The highest BCUT2D eigenvalue weighted by Gasteiger charge is 2.28. The second kappa shape index (κ2) is 9.14. The number of nitrogens with two attached hydrogens (primary N) is 1. The highest BCUT2D eigenvalue weighted by Crippen LogP contribution is 2.34. The lowest BCUT2D eigenvalue weighted by atomic mass is 9.90. The van der Waals surface area contributed by atoms with Gasteiger partial charge in [-0.2, -0.15) is 21.0 Å². The molecule has 2 N–H and O–H groups in total. The summed E-state index contributed by atoms with van der Waals surface area (Å²) in [5.41, 5.74) is 11.4. The second-order valence-corrected chi connectivity index (χ2v) is 8.96. The molecule has 0 aliphatic carbocycles. The molecule has 9 nitrogen and oxygen atoms in total. The molecule has 1 saturated heterocycles. The number of aromatic nitrogens is 4. The van der Waals surface area contributed by atoms with E-state index in [-0.39, 0.29) is 24.1 Å². The lowest BCUT2D eigenvalue weighted by Crippen LogP contribution is -2.38. The molecular weight excluding hydrogens is 452 g/mol. The Labute approximate surface area is 199 Å². The summed E-state index contributed by atoms with van der Waals surface area (Å²) in [6.45, 7) is 1.00. The molecule has 4 aromatic heterocycles. The van der Waals surface area contributed by atoms with Crippen LogP contribution < -0.4 is 5.73 Å². The van der Waals surface area contributed by atoms with E-state index in [0.29, 0.717) is 49.1 Å². The highest BCUT2D eigenvalue weighted by atomic mass is 32.1. The maximum Gasteiger partial charge on any atom is 0.229 e. The second-order valence-electron chi connectivity index (χ2n) is 8.18. The quantitative estimate of drug-likeness (QED) is 0.336. The van der Waals surface area contributed by atoms with Gasteiger partial charge in [-0.1, -0.05) is 6.07 Å². The number of thiophene rings is 1. The third kappa shape index (κ3) is 3.86. The number of hydrogen-bond donors (Lipinski definition) is 1. The van der Waals surface area contributed by atoms with E-state index >= 15 is 0 Å². The topological polar surface area (TPSA) is 124 Å². The number of anilines is 1. The van der Waals surface area contributed by atoms with E-state index in [9.17, 15) is 14.4 Å². The summed E-state index contributed by atoms with van der Waals surface area (Å²) in [6, 6.07) is 5.95. The standard InChI is InChI=1S/C24H22N6O3S/c25-23-19(13-32)22(15-3-7-29(8-4-15)21(33)5-9-31)28-24-18(12-27-30(23)24)16-1-2-20(26-11-16)17-6-10-34-14-17/h1-2,6,9-15H,3-5,7-8,25H2. The van der Waals surface area contributed by atoms with Crippen molar-refractivity contribution >= 4 is 41.3 Å². The van der Waals surface area contributed by atoms with Gasteiger partial charge >= 0.3 is 0 Å². The Bertz CT molecular complexity index is 1360. The van der Waals surface area contributed by atoms with Crippen molar-refractivity contribution in [3.8, 4) is 22.4 Å². The first kappa shape index (κ1) is 21.9. The van der Waals surface area contributed by atoms with Crippen LogP contribution in [0.4, 0.5) is 5.82 Å². The van der Waals surface area contributed by atoms with Crippen LogP contribution in [-0.2, 0) is 9.59 Å². The molecule has 0 atom stereocenters. The van der Waals surface area contributed by atoms with Gasteiger partial charge in [0.1, 0.15) is 12.1 Å². The minimum Gasteiger partial charge on any atom is -0.383 e. The van der Waals surface area contributed by atoms with Gasteiger partial charge in [-0.15, -0.1) is 0 Å². The Balaban J connectivity index is 1.49. The largest absolute Gasteiger partial charge is 0.383 e. The molecule has 172 valence electrons. The summed E-state index contributed by atoms with van der Waals surface area (Å²) in [5.74, 6) is 0.0293. The molecule has 0 saturated carbocycles. The molecule has 0 aromatic carbocycles. The van der Waals surface area contributed by atoms with Crippen molar-refractivity contribution in [2.45, 2.75) is 25.2 Å². The average molecular weight is 475 g/mol. The van der Waals surface area contributed by atoms with Crippen molar-refractivity contribution < 1.29 is 14.4 Å². The predicted octanol–water partition coefficient (Wildman–Crippen LogP) is 3.21. The number of hydrogen-bond acceptors (Lipinski definition) is 8. The molecule has 1 aliphatic heterocycles. The predicted molar refractivity (Wildman–Crippen MR) is 129 cm³/mol. The molecule has 4 aromatic rings. The van der Waals surface area contributed by atoms with Gasteiger partial charge in [-0.25, -0.2) is 4.98 Å². The maximum absolute atomic E-state index is 12.0. The Hall–Kier alpha value is -3.92. The highest BCUT2D eigenvalue weighted by molar-refractivity contribution is 7.08. The van der Waals surface area contributed by atoms with Crippen LogP contribution in [0.2, 0.25) is 0 Å². The fourth-order valence-corrected chi connectivity index (χ4v) is 5.07. The summed E-state index contributed by atoms with van der Waals surface area (Å²) < 4.78 is 1.48. The van der Waals surface area contributed by atoms with Crippen molar-refractivity contribution in [3.05, 3.63) is 52.6 Å². The zero-order chi connectivity index (χ0) is 23.7. The number of carbonyl (C=O) groups is 3. The number of aldehydes is 2. The lowest BCUT2D eigenvalue weighted by molar-refractivity contribution is -0.133. The van der Waals surface area contributed by atoms with Crippen LogP contribution in [0.3, 0.4) is 0 Å². The van der Waals surface area contributed by atoms with Gasteiger partial charge in [0.15, 0.2) is 11.9 Å². The van der Waals surface area contributed by atoms with E-state index < -0.39 is 0 Å². The van der Waals surface area contributed by atoms with Crippen LogP contribution in [0.15, 0.2) is 41.4 Å². The number of piperidine rings is 1. The molecule has 0 radical (unpaired) electrons. The fraction of sp³-hybridized carbons (Fsp3) is 0.250. The normalized spacial score (nSPS) is 14.4. The van der Waals surface area contributed by atoms with E-state index in [1.807, 2.05) is 29.0 Å². The summed E-state index contributed by atoms with van der Waals surface area (Å²) in [7, 11) is 0. The number of likely N-dealkylation sites (tertiary alicyclic amines) is 1. The minimum absolute atomic E-state index is 0.0328. The first-order chi connectivity index (χ1) is 16.6. The van der Waals surface area contributed by atoms with Gasteiger partial charge in [0.25, 0.3) is 0 Å². The Morgan fingerprint density at radius 3 is 2.62 bits per heavy atom. The molecule has 0 bridgehead atoms. The molecule has 5 rings (SSSR count). The lowest BCUT2D eigenvalue weighted by Gasteiger charge is -2.32. The van der Waals surface area contributed by atoms with Gasteiger partial charge in [0.2, 0.25) is 5.91 Å². The van der Waals surface area contributed by atoms with Gasteiger partial charge in [-0.05, 0) is 30.4 Å². The molecule has 34 heavy (non-hydrogen) atoms. The third-order valence-electron chi connectivity index (χ3n) is 6.25. The average Bonchev–Trinajstić information content (AvgIpc) is 3.55. The molecule has 1 aliphatic rings. The van der Waals surface area contributed by atoms with E-state index in [1.165, 1.54) is 4.52 Å². The van der Waals surface area contributed by atoms with Crippen LogP contribution in [0.25, 0.3) is 28.0 Å². The fourth-order valence-electron chi connectivity index (χ4n) is 4.42. The summed E-state index contributed by atoms with van der Waals surface area (Å²) in [5, 5.41) is 8.43. The van der Waals surface area contributed by atoms with Crippen molar-refractivity contribution in [3.63, 3.8) is 0 Å². The number of rotatable bonds is 6. The van der Waals surface area contributed by atoms with Crippen molar-refractivity contribution in [1.82, 2.24) is 24.5 Å². The van der Waals surface area contributed by atoms with Crippen LogP contribution in [0, 0.1) is 0 Å². The molecule has 10 heteroatoms. The summed E-state index contributed by atoms with van der Waals surface area (Å²) in [6.07, 6.45) is 5.96. The van der Waals surface area contributed by atoms with E-state index in [1.54, 1.807) is 28.6 Å². The first-order valence-corrected chi connectivity index (χ1v) is 11.9. The van der Waals surface area contributed by atoms with E-state index in [2.05, 4.69) is 10.1 Å². The zero-order valence-corrected chi connectivity index (χ0v) is 19.1. The smallest absolute Gasteiger partial charge is 0.229 e. The van der Waals surface area contributed by atoms with Crippen molar-refractivity contribution in [2.75, 3.05) is 18.8 Å². The number of amides is 1. The van der Waals surface area contributed by atoms with Crippen molar-refractivity contribution in [1.29, 1.82) is 0 Å². The number of carbonyl (C=O) groups excluding carboxylic acids is 3. The molecule has 1 amide bonds. The molecule has 1 fully saturated rings. The van der Waals surface area contributed by atoms with Crippen LogP contribution in [0.1, 0.15) is 41.2 Å². The van der Waals surface area contributed by atoms with Crippen LogP contribution >= 0.6 is 11.3 Å². The SMILES string of the molecule is Nc1c(C=O)c(C2CCN(C(=O)CC=O)CC2)nc2c(-c3ccc(-c4ccsc4)nc3)cnn12. The van der Waals surface area contributed by atoms with Crippen molar-refractivity contribution in [2.24, 2.45) is 0 Å².